The van der Waals surface area contributed by atoms with Gasteiger partial charge in [0.1, 0.15) is 5.75 Å². The van der Waals surface area contributed by atoms with Crippen molar-refractivity contribution in [3.05, 3.63) is 82.1 Å². The maximum Gasteiger partial charge on any atom is 0.127 e. The Morgan fingerprint density at radius 1 is 0.968 bits per heavy atom. The normalized spacial score (nSPS) is 17.6. The van der Waals surface area contributed by atoms with E-state index in [4.69, 9.17) is 32.7 Å². The quantitative estimate of drug-likeness (QED) is 0.369. The van der Waals surface area contributed by atoms with E-state index in [2.05, 4.69) is 29.2 Å². The van der Waals surface area contributed by atoms with Gasteiger partial charge < -0.3 is 9.47 Å². The Labute approximate surface area is 193 Å². The third-order valence-electron chi connectivity index (χ3n) is 6.23. The molecule has 2 fully saturated rings. The zero-order chi connectivity index (χ0) is 21.3. The Bertz CT molecular complexity index is 1070. The van der Waals surface area contributed by atoms with E-state index >= 15 is 0 Å². The first-order valence-electron chi connectivity index (χ1n) is 10.9. The molecule has 1 heterocycles. The summed E-state index contributed by atoms with van der Waals surface area (Å²) >= 11 is 12.6. The van der Waals surface area contributed by atoms with Crippen LogP contribution >= 0.6 is 23.2 Å². The number of halogens is 2. The van der Waals surface area contributed by atoms with E-state index in [0.29, 0.717) is 22.8 Å². The Morgan fingerprint density at radius 3 is 2.58 bits per heavy atom. The molecule has 31 heavy (non-hydrogen) atoms. The third-order valence-corrected chi connectivity index (χ3v) is 6.83. The second-order valence-corrected chi connectivity index (χ2v) is 9.30. The van der Waals surface area contributed by atoms with Gasteiger partial charge in [0.25, 0.3) is 0 Å². The fraction of sp³-hybridized carbons (Fsp3) is 0.346. The molecule has 0 aliphatic heterocycles. The minimum Gasteiger partial charge on any atom is -0.490 e. The molecule has 2 aliphatic carbocycles. The molecule has 2 aliphatic rings. The lowest BCUT2D eigenvalue weighted by molar-refractivity contribution is -0.0570. The number of ether oxygens (including phenoxy) is 2. The molecule has 0 atom stereocenters. The smallest absolute Gasteiger partial charge is 0.127 e. The van der Waals surface area contributed by atoms with Gasteiger partial charge in [-0.2, -0.15) is 0 Å². The number of para-hydroxylation sites is 1. The Balaban J connectivity index is 1.51. The van der Waals surface area contributed by atoms with Gasteiger partial charge in [-0.25, -0.2) is 0 Å². The van der Waals surface area contributed by atoms with Gasteiger partial charge in [-0.1, -0.05) is 54.2 Å². The molecule has 160 valence electrons. The molecule has 0 unspecified atom stereocenters. The second-order valence-electron chi connectivity index (χ2n) is 8.46. The number of hydrogen-bond acceptors (Lipinski definition) is 3. The Kier molecular flexibility index (Phi) is 5.92. The predicted molar refractivity (Wildman–Crippen MR) is 125 cm³/mol. The SMILES string of the molecule is Clc1ccc(Cl)c(COC2(c3cnccc3-c3ccccc3OC3CC3)CCCC2)c1. The van der Waals surface area contributed by atoms with Crippen molar-refractivity contribution >= 4 is 23.2 Å². The maximum atomic E-state index is 6.67. The molecule has 1 aromatic heterocycles. The van der Waals surface area contributed by atoms with Crippen molar-refractivity contribution in [2.24, 2.45) is 0 Å². The van der Waals surface area contributed by atoms with Crippen LogP contribution < -0.4 is 4.74 Å². The molecule has 0 saturated heterocycles. The van der Waals surface area contributed by atoms with Crippen LogP contribution in [0.2, 0.25) is 10.0 Å². The Morgan fingerprint density at radius 2 is 1.77 bits per heavy atom. The van der Waals surface area contributed by atoms with Gasteiger partial charge in [0, 0.05) is 33.6 Å². The second kappa shape index (κ2) is 8.82. The molecule has 5 heteroatoms. The van der Waals surface area contributed by atoms with Crippen molar-refractivity contribution in [1.29, 1.82) is 0 Å². The highest BCUT2D eigenvalue weighted by atomic mass is 35.5. The Hall–Kier alpha value is -2.07. The topological polar surface area (TPSA) is 31.4 Å². The lowest BCUT2D eigenvalue weighted by atomic mass is 9.86. The van der Waals surface area contributed by atoms with Gasteiger partial charge in [0.15, 0.2) is 0 Å². The van der Waals surface area contributed by atoms with E-state index in [-0.39, 0.29) is 0 Å². The minimum atomic E-state index is -0.401. The van der Waals surface area contributed by atoms with Gasteiger partial charge in [0.05, 0.1) is 18.3 Å². The fourth-order valence-electron chi connectivity index (χ4n) is 4.46. The van der Waals surface area contributed by atoms with Crippen LogP contribution in [0.4, 0.5) is 0 Å². The van der Waals surface area contributed by atoms with E-state index in [0.717, 1.165) is 66.5 Å². The van der Waals surface area contributed by atoms with Crippen LogP contribution in [0.5, 0.6) is 5.75 Å². The third kappa shape index (κ3) is 4.45. The van der Waals surface area contributed by atoms with E-state index in [1.807, 2.05) is 30.6 Å². The summed E-state index contributed by atoms with van der Waals surface area (Å²) in [5.41, 5.74) is 3.86. The number of hydrogen-bond donors (Lipinski definition) is 0. The fourth-order valence-corrected chi connectivity index (χ4v) is 4.82. The van der Waals surface area contributed by atoms with E-state index < -0.39 is 5.60 Å². The van der Waals surface area contributed by atoms with Crippen molar-refractivity contribution in [3.8, 4) is 16.9 Å². The molecule has 2 aromatic carbocycles. The van der Waals surface area contributed by atoms with Crippen molar-refractivity contribution in [1.82, 2.24) is 4.98 Å². The average Bonchev–Trinajstić information content (AvgIpc) is 3.48. The molecule has 0 bridgehead atoms. The van der Waals surface area contributed by atoms with Crippen LogP contribution in [0.1, 0.15) is 49.7 Å². The molecule has 0 amide bonds. The van der Waals surface area contributed by atoms with Crippen LogP contribution in [0.25, 0.3) is 11.1 Å². The molecular weight excluding hydrogens is 429 g/mol. The summed E-state index contributed by atoms with van der Waals surface area (Å²) in [7, 11) is 0. The molecule has 3 aromatic rings. The maximum absolute atomic E-state index is 6.67. The summed E-state index contributed by atoms with van der Waals surface area (Å²) < 4.78 is 12.9. The summed E-state index contributed by atoms with van der Waals surface area (Å²) in [6, 6.07) is 15.9. The first-order valence-corrected chi connectivity index (χ1v) is 11.7. The highest BCUT2D eigenvalue weighted by Crippen LogP contribution is 2.48. The summed E-state index contributed by atoms with van der Waals surface area (Å²) in [6.07, 6.45) is 10.6. The van der Waals surface area contributed by atoms with Crippen LogP contribution in [0.3, 0.4) is 0 Å². The standard InChI is InChI=1S/C26H25Cl2NO2/c27-19-7-10-24(28)18(15-19)17-30-26(12-3-4-13-26)23-16-29-14-11-21(23)22-5-1-2-6-25(22)31-20-8-9-20/h1-2,5-7,10-11,14-16,20H,3-4,8-9,12-13,17H2. The van der Waals surface area contributed by atoms with Crippen LogP contribution in [0, 0.1) is 0 Å². The summed E-state index contributed by atoms with van der Waals surface area (Å²) in [4.78, 5) is 4.48. The van der Waals surface area contributed by atoms with Crippen molar-refractivity contribution in [2.45, 2.75) is 56.8 Å². The predicted octanol–water partition coefficient (Wildman–Crippen LogP) is 7.58. The average molecular weight is 454 g/mol. The van der Waals surface area contributed by atoms with Gasteiger partial charge in [-0.3, -0.25) is 4.98 Å². The van der Waals surface area contributed by atoms with Crippen LogP contribution in [-0.2, 0) is 16.9 Å². The lowest BCUT2D eigenvalue weighted by Gasteiger charge is -2.32. The first kappa shape index (κ1) is 20.8. The van der Waals surface area contributed by atoms with Gasteiger partial charge in [0.2, 0.25) is 0 Å². The molecule has 2 saturated carbocycles. The highest BCUT2D eigenvalue weighted by Gasteiger charge is 2.39. The van der Waals surface area contributed by atoms with Gasteiger partial charge in [-0.15, -0.1) is 0 Å². The molecule has 0 spiro atoms. The molecular formula is C26H25Cl2NO2. The van der Waals surface area contributed by atoms with Crippen molar-refractivity contribution < 1.29 is 9.47 Å². The van der Waals surface area contributed by atoms with Crippen molar-refractivity contribution in [3.63, 3.8) is 0 Å². The lowest BCUT2D eigenvalue weighted by Crippen LogP contribution is -2.27. The summed E-state index contributed by atoms with van der Waals surface area (Å²) in [6.45, 7) is 0.411. The van der Waals surface area contributed by atoms with Crippen LogP contribution in [-0.4, -0.2) is 11.1 Å². The monoisotopic (exact) mass is 453 g/mol. The van der Waals surface area contributed by atoms with E-state index in [1.165, 1.54) is 0 Å². The number of benzene rings is 2. The molecule has 0 radical (unpaired) electrons. The van der Waals surface area contributed by atoms with Gasteiger partial charge >= 0.3 is 0 Å². The molecule has 5 rings (SSSR count). The number of aromatic nitrogens is 1. The molecule has 0 N–H and O–H groups in total. The van der Waals surface area contributed by atoms with E-state index in [9.17, 15) is 0 Å². The van der Waals surface area contributed by atoms with Crippen LogP contribution in [0.15, 0.2) is 60.9 Å². The zero-order valence-corrected chi connectivity index (χ0v) is 18.8. The number of pyridine rings is 1. The highest BCUT2D eigenvalue weighted by molar-refractivity contribution is 6.33. The number of nitrogens with zero attached hydrogens (tertiary/aromatic N) is 1. The largest absolute Gasteiger partial charge is 0.490 e. The van der Waals surface area contributed by atoms with E-state index in [1.54, 1.807) is 6.07 Å². The number of rotatable bonds is 7. The molecule has 3 nitrogen and oxygen atoms in total. The summed E-state index contributed by atoms with van der Waals surface area (Å²) in [5, 5.41) is 1.34. The van der Waals surface area contributed by atoms with Crippen molar-refractivity contribution in [2.75, 3.05) is 0 Å². The first-order chi connectivity index (χ1) is 15.1. The summed E-state index contributed by atoms with van der Waals surface area (Å²) in [5.74, 6) is 0.934. The minimum absolute atomic E-state index is 0.341. The zero-order valence-electron chi connectivity index (χ0n) is 17.3. The van der Waals surface area contributed by atoms with Gasteiger partial charge in [-0.05, 0) is 67.1 Å².